The highest BCUT2D eigenvalue weighted by Gasteiger charge is 2.18. The van der Waals surface area contributed by atoms with Crippen molar-refractivity contribution in [1.82, 2.24) is 0 Å². The van der Waals surface area contributed by atoms with Crippen LogP contribution in [0.15, 0.2) is 41.3 Å². The van der Waals surface area contributed by atoms with E-state index in [0.717, 1.165) is 11.6 Å². The van der Waals surface area contributed by atoms with Crippen LogP contribution in [0.5, 0.6) is 5.75 Å². The van der Waals surface area contributed by atoms with Crippen molar-refractivity contribution in [3.63, 3.8) is 0 Å². The van der Waals surface area contributed by atoms with Crippen LogP contribution in [-0.2, 0) is 17.3 Å². The summed E-state index contributed by atoms with van der Waals surface area (Å²) in [5.74, 6) is -0.866. The van der Waals surface area contributed by atoms with E-state index in [4.69, 9.17) is 4.74 Å². The van der Waals surface area contributed by atoms with Gasteiger partial charge in [0.25, 0.3) is 5.69 Å². The first-order valence-corrected chi connectivity index (χ1v) is 8.16. The van der Waals surface area contributed by atoms with E-state index in [-0.39, 0.29) is 17.1 Å². The molecule has 0 aliphatic rings. The van der Waals surface area contributed by atoms with E-state index >= 15 is 0 Å². The van der Waals surface area contributed by atoms with Gasteiger partial charge < -0.3 is 10.1 Å². The molecular formula is C15H15FN2O4S. The predicted molar refractivity (Wildman–Crippen MR) is 85.7 cm³/mol. The summed E-state index contributed by atoms with van der Waals surface area (Å²) in [6.07, 6.45) is 1.58. The molecule has 23 heavy (non-hydrogen) atoms. The maximum absolute atomic E-state index is 13.6. The second-order valence-corrected chi connectivity index (χ2v) is 6.09. The molecule has 0 aliphatic carbocycles. The Labute approximate surface area is 134 Å². The van der Waals surface area contributed by atoms with Crippen molar-refractivity contribution in [2.45, 2.75) is 11.4 Å². The van der Waals surface area contributed by atoms with Gasteiger partial charge in [-0.1, -0.05) is 12.1 Å². The molecule has 2 rings (SSSR count). The first kappa shape index (κ1) is 16.9. The molecule has 0 saturated heterocycles. The number of nitrogens with zero attached hydrogens (tertiary/aromatic N) is 1. The van der Waals surface area contributed by atoms with E-state index in [1.54, 1.807) is 30.5 Å². The zero-order valence-corrected chi connectivity index (χ0v) is 13.4. The molecule has 1 atom stereocenters. The number of nitrogens with one attached hydrogen (secondary N) is 1. The lowest BCUT2D eigenvalue weighted by molar-refractivity contribution is -0.384. The Hall–Kier alpha value is -2.48. The number of hydrogen-bond acceptors (Lipinski definition) is 5. The summed E-state index contributed by atoms with van der Waals surface area (Å²) in [6.45, 7) is 0.298. The molecule has 2 aromatic carbocycles. The average Bonchev–Trinajstić information content (AvgIpc) is 2.53. The number of halogens is 1. The first-order chi connectivity index (χ1) is 10.9. The highest BCUT2D eigenvalue weighted by Crippen LogP contribution is 2.32. The third-order valence-corrected chi connectivity index (χ3v) is 4.14. The molecule has 122 valence electrons. The van der Waals surface area contributed by atoms with E-state index in [2.05, 4.69) is 5.32 Å². The summed E-state index contributed by atoms with van der Waals surface area (Å²) in [7, 11) is 0.227. The van der Waals surface area contributed by atoms with Gasteiger partial charge in [-0.3, -0.25) is 14.3 Å². The van der Waals surface area contributed by atoms with Crippen molar-refractivity contribution < 1.29 is 18.3 Å². The van der Waals surface area contributed by atoms with Gasteiger partial charge in [0.2, 0.25) is 0 Å². The standard InChI is InChI=1S/C15H15FN2O4S/c1-22-15-8-13(14(18(19)20)7-12(15)16)17-9-10-3-5-11(6-4-10)23(2)21/h3-8,17H,9H2,1-2H3. The molecule has 8 heteroatoms. The highest BCUT2D eigenvalue weighted by molar-refractivity contribution is 7.84. The maximum atomic E-state index is 13.6. The normalized spacial score (nSPS) is 11.8. The molecule has 1 unspecified atom stereocenters. The van der Waals surface area contributed by atoms with Crippen molar-refractivity contribution >= 4 is 22.2 Å². The second-order valence-electron chi connectivity index (χ2n) is 4.71. The minimum Gasteiger partial charge on any atom is -0.494 e. The zero-order valence-electron chi connectivity index (χ0n) is 12.5. The van der Waals surface area contributed by atoms with Crippen LogP contribution in [0, 0.1) is 15.9 Å². The molecule has 1 N–H and O–H groups in total. The summed E-state index contributed by atoms with van der Waals surface area (Å²) in [4.78, 5) is 11.1. The van der Waals surface area contributed by atoms with Gasteiger partial charge in [0.1, 0.15) is 5.69 Å². The average molecular weight is 338 g/mol. The second kappa shape index (κ2) is 7.19. The fourth-order valence-corrected chi connectivity index (χ4v) is 2.51. The lowest BCUT2D eigenvalue weighted by atomic mass is 10.2. The Morgan fingerprint density at radius 2 is 1.96 bits per heavy atom. The number of nitro benzene ring substituents is 1. The van der Waals surface area contributed by atoms with Crippen molar-refractivity contribution in [1.29, 1.82) is 0 Å². The number of nitro groups is 1. The Morgan fingerprint density at radius 3 is 2.48 bits per heavy atom. The van der Waals surface area contributed by atoms with Crippen molar-refractivity contribution in [3.05, 3.63) is 57.9 Å². The van der Waals surface area contributed by atoms with Gasteiger partial charge in [-0.15, -0.1) is 0 Å². The van der Waals surface area contributed by atoms with Gasteiger partial charge in [-0.05, 0) is 17.7 Å². The molecule has 0 aromatic heterocycles. The van der Waals surface area contributed by atoms with Crippen LogP contribution in [-0.4, -0.2) is 22.5 Å². The molecule has 0 amide bonds. The highest BCUT2D eigenvalue weighted by atomic mass is 32.2. The number of methoxy groups -OCH3 is 1. The maximum Gasteiger partial charge on any atom is 0.295 e. The molecule has 0 saturated carbocycles. The van der Waals surface area contributed by atoms with Crippen molar-refractivity contribution in [2.24, 2.45) is 0 Å². The molecule has 0 spiro atoms. The third-order valence-electron chi connectivity index (χ3n) is 3.21. The number of ether oxygens (including phenoxy) is 1. The third kappa shape index (κ3) is 4.04. The Morgan fingerprint density at radius 1 is 1.30 bits per heavy atom. The van der Waals surface area contributed by atoms with Crippen molar-refractivity contribution in [3.8, 4) is 5.75 Å². The Balaban J connectivity index is 2.22. The Kier molecular flexibility index (Phi) is 5.28. The monoisotopic (exact) mass is 338 g/mol. The van der Waals surface area contributed by atoms with Gasteiger partial charge in [-0.2, -0.15) is 0 Å². The van der Waals surface area contributed by atoms with Crippen LogP contribution in [0.25, 0.3) is 0 Å². The van der Waals surface area contributed by atoms with E-state index in [1.807, 2.05) is 0 Å². The summed E-state index contributed by atoms with van der Waals surface area (Å²) in [5.41, 5.74) is 0.641. The molecule has 2 aromatic rings. The Bertz CT molecular complexity index is 750. The largest absolute Gasteiger partial charge is 0.494 e. The minimum atomic E-state index is -1.06. The summed E-state index contributed by atoms with van der Waals surface area (Å²) in [6, 6.07) is 9.08. The van der Waals surface area contributed by atoms with E-state index in [9.17, 15) is 18.7 Å². The van der Waals surface area contributed by atoms with Crippen LogP contribution < -0.4 is 10.1 Å². The SMILES string of the molecule is COc1cc(NCc2ccc(S(C)=O)cc2)c([N+](=O)[O-])cc1F. The first-order valence-electron chi connectivity index (χ1n) is 6.60. The molecule has 0 fully saturated rings. The molecule has 0 bridgehead atoms. The summed E-state index contributed by atoms with van der Waals surface area (Å²) < 4.78 is 29.8. The minimum absolute atomic E-state index is 0.0742. The quantitative estimate of drug-likeness (QED) is 0.646. The lowest BCUT2D eigenvalue weighted by Crippen LogP contribution is -2.04. The summed E-state index contributed by atoms with van der Waals surface area (Å²) >= 11 is 0. The van der Waals surface area contributed by atoms with E-state index in [1.165, 1.54) is 13.2 Å². The molecule has 0 radical (unpaired) electrons. The molecular weight excluding hydrogens is 323 g/mol. The van der Waals surface area contributed by atoms with Crippen LogP contribution in [0.4, 0.5) is 15.8 Å². The zero-order chi connectivity index (χ0) is 17.0. The molecule has 0 aliphatic heterocycles. The molecule has 0 heterocycles. The molecule has 6 nitrogen and oxygen atoms in total. The predicted octanol–water partition coefficient (Wildman–Crippen LogP) is 3.09. The number of anilines is 1. The van der Waals surface area contributed by atoms with Gasteiger partial charge >= 0.3 is 0 Å². The van der Waals surface area contributed by atoms with Crippen LogP contribution >= 0.6 is 0 Å². The van der Waals surface area contributed by atoms with E-state index in [0.29, 0.717) is 11.4 Å². The smallest absolute Gasteiger partial charge is 0.295 e. The van der Waals surface area contributed by atoms with Crippen LogP contribution in [0.2, 0.25) is 0 Å². The van der Waals surface area contributed by atoms with Crippen LogP contribution in [0.3, 0.4) is 0 Å². The topological polar surface area (TPSA) is 81.5 Å². The van der Waals surface area contributed by atoms with Crippen LogP contribution in [0.1, 0.15) is 5.56 Å². The van der Waals surface area contributed by atoms with Gasteiger partial charge in [0.05, 0.1) is 18.1 Å². The van der Waals surface area contributed by atoms with E-state index < -0.39 is 21.5 Å². The summed E-state index contributed by atoms with van der Waals surface area (Å²) in [5, 5.41) is 13.9. The van der Waals surface area contributed by atoms with Crippen molar-refractivity contribution in [2.75, 3.05) is 18.7 Å². The van der Waals surface area contributed by atoms with Gasteiger partial charge in [-0.25, -0.2) is 4.39 Å². The number of benzene rings is 2. The number of hydrogen-bond donors (Lipinski definition) is 1. The lowest BCUT2D eigenvalue weighted by Gasteiger charge is -2.10. The van der Waals surface area contributed by atoms with Gasteiger partial charge in [0, 0.05) is 34.6 Å². The van der Waals surface area contributed by atoms with Gasteiger partial charge in [0.15, 0.2) is 11.6 Å². The fourth-order valence-electron chi connectivity index (χ4n) is 1.99. The number of rotatable bonds is 6. The fraction of sp³-hybridized carbons (Fsp3) is 0.200.